The van der Waals surface area contributed by atoms with Crippen molar-refractivity contribution < 1.29 is 14.4 Å². The summed E-state index contributed by atoms with van der Waals surface area (Å²) < 4.78 is 0. The van der Waals surface area contributed by atoms with E-state index in [4.69, 9.17) is 0 Å². The van der Waals surface area contributed by atoms with Gasteiger partial charge in [0.25, 0.3) is 5.91 Å². The van der Waals surface area contributed by atoms with Gasteiger partial charge >= 0.3 is 6.03 Å². The maximum absolute atomic E-state index is 12.9. The number of H-pyrrole nitrogens is 1. The molecule has 5 rings (SSSR count). The summed E-state index contributed by atoms with van der Waals surface area (Å²) in [4.78, 5) is 46.2. The van der Waals surface area contributed by atoms with E-state index in [9.17, 15) is 14.4 Å². The number of imide groups is 1. The summed E-state index contributed by atoms with van der Waals surface area (Å²) in [6, 6.07) is 7.59. The number of carbonyl (C=O) groups is 3. The number of urea groups is 1. The van der Waals surface area contributed by atoms with Crippen LogP contribution in [0.25, 0.3) is 10.9 Å². The molecule has 3 saturated heterocycles. The van der Waals surface area contributed by atoms with Crippen LogP contribution in [0.15, 0.2) is 30.5 Å². The molecule has 3 aliphatic heterocycles. The van der Waals surface area contributed by atoms with Gasteiger partial charge in [-0.2, -0.15) is 0 Å². The fourth-order valence-electron chi connectivity index (χ4n) is 5.34. The summed E-state index contributed by atoms with van der Waals surface area (Å²) in [6.45, 7) is 4.31. The lowest BCUT2D eigenvalue weighted by atomic mass is 9.76. The molecule has 0 radical (unpaired) electrons. The van der Waals surface area contributed by atoms with Gasteiger partial charge in [-0.1, -0.05) is 18.2 Å². The predicted octanol–water partition coefficient (Wildman–Crippen LogP) is 2.38. The Morgan fingerprint density at radius 3 is 2.69 bits per heavy atom. The molecule has 0 saturated carbocycles. The minimum atomic E-state index is -0.295. The van der Waals surface area contributed by atoms with E-state index in [1.807, 2.05) is 42.3 Å². The van der Waals surface area contributed by atoms with Crippen molar-refractivity contribution in [2.75, 3.05) is 26.2 Å². The molecule has 1 unspecified atom stereocenters. The number of benzene rings is 1. The molecule has 3 aliphatic rings. The topological polar surface area (TPSA) is 76.7 Å². The number of nitrogens with one attached hydrogen (secondary N) is 1. The average molecular weight is 394 g/mol. The monoisotopic (exact) mass is 394 g/mol. The number of para-hydroxylation sites is 1. The van der Waals surface area contributed by atoms with Gasteiger partial charge in [-0.15, -0.1) is 0 Å². The van der Waals surface area contributed by atoms with Crippen LogP contribution in [0.4, 0.5) is 4.79 Å². The zero-order chi connectivity index (χ0) is 20.2. The highest BCUT2D eigenvalue weighted by molar-refractivity contribution is 6.04. The van der Waals surface area contributed by atoms with E-state index >= 15 is 0 Å². The number of hydrogen-bond acceptors (Lipinski definition) is 3. The quantitative estimate of drug-likeness (QED) is 0.812. The number of likely N-dealkylation sites (tertiary alicyclic amines) is 1. The second-order valence-corrected chi connectivity index (χ2v) is 8.63. The average Bonchev–Trinajstić information content (AvgIpc) is 3.36. The van der Waals surface area contributed by atoms with Gasteiger partial charge < -0.3 is 14.8 Å². The van der Waals surface area contributed by atoms with Gasteiger partial charge in [0.2, 0.25) is 5.91 Å². The number of hydrogen-bond donors (Lipinski definition) is 1. The summed E-state index contributed by atoms with van der Waals surface area (Å²) in [5, 5.41) is 1.10. The van der Waals surface area contributed by atoms with Gasteiger partial charge in [0.1, 0.15) is 6.04 Å². The Kier molecular flexibility index (Phi) is 4.15. The summed E-state index contributed by atoms with van der Waals surface area (Å²) in [5.74, 6) is 0.0969. The number of aromatic amines is 1. The Labute approximate surface area is 169 Å². The Balaban J connectivity index is 1.23. The lowest BCUT2D eigenvalue weighted by Crippen LogP contribution is -2.46. The van der Waals surface area contributed by atoms with Crippen molar-refractivity contribution in [1.29, 1.82) is 0 Å². The molecule has 29 heavy (non-hydrogen) atoms. The van der Waals surface area contributed by atoms with Crippen LogP contribution in [0.2, 0.25) is 0 Å². The van der Waals surface area contributed by atoms with Crippen LogP contribution < -0.4 is 0 Å². The minimum Gasteiger partial charge on any atom is -0.361 e. The van der Waals surface area contributed by atoms with Crippen molar-refractivity contribution in [3.05, 3.63) is 36.0 Å². The summed E-state index contributed by atoms with van der Waals surface area (Å²) >= 11 is 0. The van der Waals surface area contributed by atoms with Crippen molar-refractivity contribution >= 4 is 28.7 Å². The summed E-state index contributed by atoms with van der Waals surface area (Å²) in [6.07, 6.45) is 4.77. The zero-order valence-corrected chi connectivity index (χ0v) is 16.7. The maximum atomic E-state index is 12.9. The number of fused-ring (bicyclic) bond motifs is 2. The first-order valence-corrected chi connectivity index (χ1v) is 10.5. The van der Waals surface area contributed by atoms with Gasteiger partial charge in [-0.25, -0.2) is 4.79 Å². The number of likely N-dealkylation sites (N-methyl/N-ethyl adjacent to an activating group) is 1. The molecule has 1 spiro atoms. The van der Waals surface area contributed by atoms with E-state index in [2.05, 4.69) is 4.98 Å². The van der Waals surface area contributed by atoms with Gasteiger partial charge in [-0.3, -0.25) is 14.5 Å². The third-order valence-corrected chi connectivity index (χ3v) is 7.05. The van der Waals surface area contributed by atoms with Crippen molar-refractivity contribution in [2.45, 2.75) is 38.6 Å². The number of rotatable bonds is 3. The number of nitrogens with zero attached hydrogens (tertiary/aromatic N) is 3. The molecule has 2 aromatic rings. The van der Waals surface area contributed by atoms with Gasteiger partial charge in [0.15, 0.2) is 0 Å². The highest BCUT2D eigenvalue weighted by Crippen LogP contribution is 2.46. The molecule has 7 heteroatoms. The molecule has 3 fully saturated rings. The van der Waals surface area contributed by atoms with E-state index in [1.54, 1.807) is 4.90 Å². The molecule has 152 valence electrons. The first-order chi connectivity index (χ1) is 14.0. The Hall–Kier alpha value is -2.83. The number of carbonyl (C=O) groups excluding carboxylic acids is 3. The summed E-state index contributed by atoms with van der Waals surface area (Å²) in [7, 11) is 0. The Morgan fingerprint density at radius 1 is 1.21 bits per heavy atom. The largest absolute Gasteiger partial charge is 0.361 e. The van der Waals surface area contributed by atoms with E-state index < -0.39 is 0 Å². The molecule has 0 aliphatic carbocycles. The normalized spacial score (nSPS) is 23.5. The second-order valence-electron chi connectivity index (χ2n) is 8.63. The standard InChI is InChI=1S/C22H26N4O3/c1-2-25-20(28)18-12-22(14-26(18)21(25)29)7-9-24(10-8-22)19(27)11-15-13-23-17-6-4-3-5-16(15)17/h3-6,13,18,23H,2,7-12,14H2,1H3. The lowest BCUT2D eigenvalue weighted by Gasteiger charge is -2.39. The molecule has 0 bridgehead atoms. The van der Waals surface area contributed by atoms with Crippen LogP contribution >= 0.6 is 0 Å². The van der Waals surface area contributed by atoms with Crippen LogP contribution in [0.5, 0.6) is 0 Å². The highest BCUT2D eigenvalue weighted by atomic mass is 16.2. The maximum Gasteiger partial charge on any atom is 0.327 e. The van der Waals surface area contributed by atoms with Crippen molar-refractivity contribution in [3.8, 4) is 0 Å². The molecule has 1 aromatic heterocycles. The predicted molar refractivity (Wildman–Crippen MR) is 108 cm³/mol. The minimum absolute atomic E-state index is 0.0205. The zero-order valence-electron chi connectivity index (χ0n) is 16.7. The van der Waals surface area contributed by atoms with Gasteiger partial charge in [0, 0.05) is 43.3 Å². The first-order valence-electron chi connectivity index (χ1n) is 10.5. The first kappa shape index (κ1) is 18.2. The van der Waals surface area contributed by atoms with Crippen LogP contribution in [0.3, 0.4) is 0 Å². The highest BCUT2D eigenvalue weighted by Gasteiger charge is 2.56. The number of piperidine rings is 1. The van der Waals surface area contributed by atoms with Crippen molar-refractivity contribution in [1.82, 2.24) is 19.7 Å². The molecule has 4 heterocycles. The molecule has 7 nitrogen and oxygen atoms in total. The number of aromatic nitrogens is 1. The van der Waals surface area contributed by atoms with Crippen molar-refractivity contribution in [3.63, 3.8) is 0 Å². The van der Waals surface area contributed by atoms with E-state index in [0.29, 0.717) is 32.6 Å². The molecule has 1 aromatic carbocycles. The van der Waals surface area contributed by atoms with E-state index in [0.717, 1.165) is 35.7 Å². The number of amides is 4. The van der Waals surface area contributed by atoms with Crippen LogP contribution in [-0.4, -0.2) is 69.8 Å². The van der Waals surface area contributed by atoms with Crippen molar-refractivity contribution in [2.24, 2.45) is 5.41 Å². The van der Waals surface area contributed by atoms with Crippen LogP contribution in [0, 0.1) is 5.41 Å². The summed E-state index contributed by atoms with van der Waals surface area (Å²) in [5.41, 5.74) is 2.06. The Bertz CT molecular complexity index is 963. The molecule has 1 N–H and O–H groups in total. The van der Waals surface area contributed by atoms with Crippen LogP contribution in [-0.2, 0) is 16.0 Å². The van der Waals surface area contributed by atoms with Gasteiger partial charge in [-0.05, 0) is 43.2 Å². The Morgan fingerprint density at radius 2 is 1.97 bits per heavy atom. The smallest absolute Gasteiger partial charge is 0.327 e. The SMILES string of the molecule is CCN1C(=O)C2CC3(CCN(C(=O)Cc4c[nH]c5ccccc45)CC3)CN2C1=O. The van der Waals surface area contributed by atoms with E-state index in [-0.39, 0.29) is 29.3 Å². The molecule has 4 amide bonds. The van der Waals surface area contributed by atoms with Crippen LogP contribution in [0.1, 0.15) is 31.7 Å². The molecular formula is C22H26N4O3. The molecular weight excluding hydrogens is 368 g/mol. The third-order valence-electron chi connectivity index (χ3n) is 7.05. The van der Waals surface area contributed by atoms with E-state index in [1.165, 1.54) is 4.90 Å². The fraction of sp³-hybridized carbons (Fsp3) is 0.500. The van der Waals surface area contributed by atoms with Gasteiger partial charge in [0.05, 0.1) is 6.42 Å². The second kappa shape index (κ2) is 6.61. The molecule has 1 atom stereocenters. The fourth-order valence-corrected chi connectivity index (χ4v) is 5.34. The lowest BCUT2D eigenvalue weighted by molar-refractivity contribution is -0.133. The third kappa shape index (κ3) is 2.82.